The van der Waals surface area contributed by atoms with Crippen LogP contribution in [0.3, 0.4) is 0 Å². The second kappa shape index (κ2) is 3.92. The second-order valence-electron chi connectivity index (χ2n) is 2.29. The number of nitro benzene ring substituents is 1. The van der Waals surface area contributed by atoms with Crippen LogP contribution in [0.5, 0.6) is 0 Å². The smallest absolute Gasteiger partial charge is 0.258 e. The number of nitrogens with zero attached hydrogens (tertiary/aromatic N) is 2. The molecule has 1 rings (SSSR count). The number of nitriles is 1. The zero-order valence-corrected chi connectivity index (χ0v) is 7.67. The molecule has 0 fully saturated rings. The lowest BCUT2D eigenvalue weighted by Crippen LogP contribution is -1.89. The van der Waals surface area contributed by atoms with Gasteiger partial charge in [-0.05, 0) is 12.3 Å². The van der Waals surface area contributed by atoms with Gasteiger partial charge in [-0.3, -0.25) is 10.1 Å². The Morgan fingerprint density at radius 2 is 2.23 bits per heavy atom. The maximum absolute atomic E-state index is 10.4. The molecule has 0 bridgehead atoms. The van der Waals surface area contributed by atoms with Crippen LogP contribution >= 0.6 is 11.8 Å². The van der Waals surface area contributed by atoms with E-state index in [2.05, 4.69) is 0 Å². The molecule has 13 heavy (non-hydrogen) atoms. The third-order valence-corrected chi connectivity index (χ3v) is 2.17. The van der Waals surface area contributed by atoms with Crippen molar-refractivity contribution in [2.24, 2.45) is 0 Å². The lowest BCUT2D eigenvalue weighted by molar-refractivity contribution is -0.385. The summed E-state index contributed by atoms with van der Waals surface area (Å²) in [4.78, 5) is 10.7. The van der Waals surface area contributed by atoms with Crippen LogP contribution in [0.15, 0.2) is 23.1 Å². The van der Waals surface area contributed by atoms with E-state index in [-0.39, 0.29) is 5.69 Å². The van der Waals surface area contributed by atoms with Crippen LogP contribution in [0, 0.1) is 21.4 Å². The fraction of sp³-hybridized carbons (Fsp3) is 0.125. The molecule has 4 nitrogen and oxygen atoms in total. The lowest BCUT2D eigenvalue weighted by Gasteiger charge is -1.96. The van der Waals surface area contributed by atoms with E-state index >= 15 is 0 Å². The third kappa shape index (κ3) is 2.20. The van der Waals surface area contributed by atoms with Gasteiger partial charge in [0.2, 0.25) is 0 Å². The van der Waals surface area contributed by atoms with E-state index in [1.165, 1.54) is 23.9 Å². The molecule has 0 aliphatic rings. The van der Waals surface area contributed by atoms with Crippen molar-refractivity contribution in [3.63, 3.8) is 0 Å². The molecule has 0 saturated carbocycles. The van der Waals surface area contributed by atoms with Gasteiger partial charge in [0.05, 0.1) is 16.6 Å². The number of hydrogen-bond donors (Lipinski definition) is 0. The largest absolute Gasteiger partial charge is 0.271 e. The highest BCUT2D eigenvalue weighted by atomic mass is 32.2. The number of nitro groups is 1. The summed E-state index contributed by atoms with van der Waals surface area (Å²) in [5.41, 5.74) is 0.280. The first-order valence-corrected chi connectivity index (χ1v) is 4.63. The Kier molecular flexibility index (Phi) is 2.88. The van der Waals surface area contributed by atoms with Gasteiger partial charge in [0.25, 0.3) is 5.69 Å². The van der Waals surface area contributed by atoms with E-state index < -0.39 is 4.92 Å². The Bertz CT molecular complexity index is 384. The Morgan fingerprint density at radius 1 is 1.54 bits per heavy atom. The monoisotopic (exact) mass is 194 g/mol. The van der Waals surface area contributed by atoms with Gasteiger partial charge in [0.1, 0.15) is 0 Å². The maximum Gasteiger partial charge on any atom is 0.271 e. The predicted octanol–water partition coefficient (Wildman–Crippen LogP) is 2.19. The van der Waals surface area contributed by atoms with Crippen molar-refractivity contribution in [1.82, 2.24) is 0 Å². The van der Waals surface area contributed by atoms with E-state index in [1.807, 2.05) is 6.07 Å². The first kappa shape index (κ1) is 9.55. The Morgan fingerprint density at radius 3 is 2.69 bits per heavy atom. The molecule has 0 amide bonds. The van der Waals surface area contributed by atoms with Crippen LogP contribution in [-0.4, -0.2) is 11.2 Å². The summed E-state index contributed by atoms with van der Waals surface area (Å²) in [7, 11) is 0. The van der Waals surface area contributed by atoms with Crippen molar-refractivity contribution in [1.29, 1.82) is 5.26 Å². The Labute approximate surface area is 79.3 Å². The van der Waals surface area contributed by atoms with Crippen molar-refractivity contribution in [2.75, 3.05) is 6.26 Å². The van der Waals surface area contributed by atoms with Crippen LogP contribution in [0.25, 0.3) is 0 Å². The highest BCUT2D eigenvalue weighted by molar-refractivity contribution is 7.98. The summed E-state index contributed by atoms with van der Waals surface area (Å²) < 4.78 is 0. The maximum atomic E-state index is 10.4. The molecular weight excluding hydrogens is 188 g/mol. The molecule has 0 radical (unpaired) electrons. The van der Waals surface area contributed by atoms with Gasteiger partial charge in [-0.15, -0.1) is 11.8 Å². The summed E-state index contributed by atoms with van der Waals surface area (Å²) in [6, 6.07) is 6.22. The summed E-state index contributed by atoms with van der Waals surface area (Å²) in [5, 5.41) is 19.0. The molecule has 0 saturated heterocycles. The van der Waals surface area contributed by atoms with Crippen LogP contribution in [0.4, 0.5) is 5.69 Å². The van der Waals surface area contributed by atoms with Crippen LogP contribution in [0.2, 0.25) is 0 Å². The minimum atomic E-state index is -0.499. The van der Waals surface area contributed by atoms with E-state index in [0.717, 1.165) is 4.90 Å². The van der Waals surface area contributed by atoms with Gasteiger partial charge in [-0.2, -0.15) is 5.26 Å². The van der Waals surface area contributed by atoms with E-state index in [4.69, 9.17) is 5.26 Å². The molecular formula is C8H6N2O2S. The molecule has 0 aliphatic heterocycles. The van der Waals surface area contributed by atoms with Crippen molar-refractivity contribution < 1.29 is 4.92 Å². The second-order valence-corrected chi connectivity index (χ2v) is 3.17. The molecule has 0 N–H and O–H groups in total. The topological polar surface area (TPSA) is 66.9 Å². The number of hydrogen-bond acceptors (Lipinski definition) is 4. The van der Waals surface area contributed by atoms with Gasteiger partial charge in [-0.25, -0.2) is 0 Å². The molecule has 1 aromatic rings. The van der Waals surface area contributed by atoms with E-state index in [9.17, 15) is 10.1 Å². The highest BCUT2D eigenvalue weighted by Gasteiger charge is 2.08. The number of non-ortho nitro benzene ring substituents is 1. The van der Waals surface area contributed by atoms with Gasteiger partial charge in [-0.1, -0.05) is 0 Å². The fourth-order valence-electron chi connectivity index (χ4n) is 0.871. The van der Waals surface area contributed by atoms with Crippen molar-refractivity contribution in [3.8, 4) is 6.07 Å². The average Bonchev–Trinajstić information content (AvgIpc) is 2.16. The molecule has 1 aromatic carbocycles. The van der Waals surface area contributed by atoms with Crippen LogP contribution in [0.1, 0.15) is 5.56 Å². The molecule has 0 atom stereocenters. The highest BCUT2D eigenvalue weighted by Crippen LogP contribution is 2.22. The van der Waals surface area contributed by atoms with Gasteiger partial charge >= 0.3 is 0 Å². The van der Waals surface area contributed by atoms with Gasteiger partial charge in [0.15, 0.2) is 0 Å². The lowest BCUT2D eigenvalue weighted by atomic mass is 10.2. The SMILES string of the molecule is CSc1cc(C#N)cc([N+](=O)[O-])c1. The third-order valence-electron chi connectivity index (χ3n) is 1.47. The van der Waals surface area contributed by atoms with E-state index in [1.54, 1.807) is 12.3 Å². The minimum absolute atomic E-state index is 0.0385. The molecule has 0 aliphatic carbocycles. The Balaban J connectivity index is 3.24. The normalized spacial score (nSPS) is 9.23. The summed E-state index contributed by atoms with van der Waals surface area (Å²) in [6.45, 7) is 0. The Hall–Kier alpha value is -1.54. The van der Waals surface area contributed by atoms with Crippen molar-refractivity contribution >= 4 is 17.4 Å². The van der Waals surface area contributed by atoms with Gasteiger partial charge in [0, 0.05) is 17.0 Å². The number of thioether (sulfide) groups is 1. The van der Waals surface area contributed by atoms with Gasteiger partial charge < -0.3 is 0 Å². The van der Waals surface area contributed by atoms with Crippen molar-refractivity contribution in [2.45, 2.75) is 4.90 Å². The predicted molar refractivity (Wildman–Crippen MR) is 49.6 cm³/mol. The average molecular weight is 194 g/mol. The summed E-state index contributed by atoms with van der Waals surface area (Å²) in [5.74, 6) is 0. The molecule has 66 valence electrons. The number of benzene rings is 1. The van der Waals surface area contributed by atoms with Crippen LogP contribution < -0.4 is 0 Å². The summed E-state index contributed by atoms with van der Waals surface area (Å²) >= 11 is 1.37. The number of rotatable bonds is 2. The molecule has 0 aromatic heterocycles. The first-order chi connectivity index (χ1) is 6.17. The molecule has 5 heteroatoms. The quantitative estimate of drug-likeness (QED) is 0.411. The summed E-state index contributed by atoms with van der Waals surface area (Å²) in [6.07, 6.45) is 1.81. The minimum Gasteiger partial charge on any atom is -0.258 e. The zero-order chi connectivity index (χ0) is 9.84. The van der Waals surface area contributed by atoms with Crippen LogP contribution in [-0.2, 0) is 0 Å². The first-order valence-electron chi connectivity index (χ1n) is 3.41. The molecule has 0 spiro atoms. The fourth-order valence-corrected chi connectivity index (χ4v) is 1.35. The molecule has 0 unspecified atom stereocenters. The van der Waals surface area contributed by atoms with E-state index in [0.29, 0.717) is 5.56 Å². The van der Waals surface area contributed by atoms with Crippen molar-refractivity contribution in [3.05, 3.63) is 33.9 Å². The molecule has 0 heterocycles. The zero-order valence-electron chi connectivity index (χ0n) is 6.85. The standard InChI is InChI=1S/C8H6N2O2S/c1-13-8-3-6(5-9)2-7(4-8)10(11)12/h2-4H,1H3.